The molecule has 1 aromatic heterocycles. The number of hydrogen-bond acceptors (Lipinski definition) is 3. The summed E-state index contributed by atoms with van der Waals surface area (Å²) in [7, 11) is 0. The van der Waals surface area contributed by atoms with Gasteiger partial charge in [0.05, 0.1) is 5.52 Å². The van der Waals surface area contributed by atoms with E-state index in [-0.39, 0.29) is 12.4 Å². The summed E-state index contributed by atoms with van der Waals surface area (Å²) in [6, 6.07) is 23.8. The highest BCUT2D eigenvalue weighted by atomic mass is 127. The van der Waals surface area contributed by atoms with Crippen LogP contribution >= 0.6 is 46.6 Å². The molecule has 0 radical (unpaired) electrons. The average Bonchev–Trinajstić information content (AvgIpc) is 2.64. The molecule has 0 saturated carbocycles. The number of benzene rings is 3. The third-order valence-corrected chi connectivity index (χ3v) is 4.78. The van der Waals surface area contributed by atoms with Crippen molar-refractivity contribution in [3.8, 4) is 11.4 Å². The average molecular weight is 494 g/mol. The van der Waals surface area contributed by atoms with Crippen LogP contribution in [0.5, 0.6) is 0 Å². The van der Waals surface area contributed by atoms with Crippen LogP contribution in [0.15, 0.2) is 72.8 Å². The van der Waals surface area contributed by atoms with Gasteiger partial charge in [-0.15, -0.1) is 12.4 Å². The minimum absolute atomic E-state index is 0. The molecule has 0 bridgehead atoms. The Balaban J connectivity index is 0.00000196. The molecular formula is C20H14Cl2IN3. The van der Waals surface area contributed by atoms with Crippen LogP contribution in [0.4, 0.5) is 11.5 Å². The number of aromatic nitrogens is 2. The van der Waals surface area contributed by atoms with Crippen LogP contribution in [0.3, 0.4) is 0 Å². The van der Waals surface area contributed by atoms with E-state index in [1.807, 2.05) is 60.7 Å². The van der Waals surface area contributed by atoms with E-state index in [4.69, 9.17) is 21.6 Å². The molecule has 4 aromatic rings. The van der Waals surface area contributed by atoms with Crippen LogP contribution in [0, 0.1) is 3.57 Å². The molecule has 26 heavy (non-hydrogen) atoms. The van der Waals surface area contributed by atoms with Gasteiger partial charge in [0.1, 0.15) is 5.82 Å². The van der Waals surface area contributed by atoms with Gasteiger partial charge < -0.3 is 5.32 Å². The molecular weight excluding hydrogens is 480 g/mol. The predicted molar refractivity (Wildman–Crippen MR) is 120 cm³/mol. The first-order chi connectivity index (χ1) is 12.2. The lowest BCUT2D eigenvalue weighted by molar-refractivity contribution is 1.22. The van der Waals surface area contributed by atoms with Crippen molar-refractivity contribution in [1.82, 2.24) is 9.97 Å². The molecule has 1 heterocycles. The molecule has 130 valence electrons. The van der Waals surface area contributed by atoms with Crippen LogP contribution in [0.1, 0.15) is 0 Å². The van der Waals surface area contributed by atoms with Crippen molar-refractivity contribution in [1.29, 1.82) is 0 Å². The molecule has 0 aliphatic heterocycles. The Morgan fingerprint density at radius 3 is 2.23 bits per heavy atom. The zero-order valence-electron chi connectivity index (χ0n) is 13.5. The summed E-state index contributed by atoms with van der Waals surface area (Å²) in [4.78, 5) is 9.45. The lowest BCUT2D eigenvalue weighted by Crippen LogP contribution is -1.99. The number of hydrogen-bond donors (Lipinski definition) is 1. The summed E-state index contributed by atoms with van der Waals surface area (Å²) in [5.41, 5.74) is 2.82. The van der Waals surface area contributed by atoms with E-state index in [1.54, 1.807) is 0 Å². The molecule has 4 rings (SSSR count). The summed E-state index contributed by atoms with van der Waals surface area (Å²) < 4.78 is 1.19. The normalized spacial score (nSPS) is 10.4. The second-order valence-corrected chi connectivity index (χ2v) is 7.23. The van der Waals surface area contributed by atoms with E-state index in [2.05, 4.69) is 40.0 Å². The molecule has 0 amide bonds. The standard InChI is InChI=1S/C20H13ClIN3.ClH/c21-14-7-5-13(6-8-14)19-24-18-4-2-1-3-17(18)20(25-19)23-16-11-9-15(22)10-12-16;/h1-12H,(H,23,24,25);1H. The van der Waals surface area contributed by atoms with Crippen molar-refractivity contribution < 1.29 is 0 Å². The van der Waals surface area contributed by atoms with Crippen molar-refractivity contribution in [2.45, 2.75) is 0 Å². The number of para-hydroxylation sites is 1. The third-order valence-electron chi connectivity index (χ3n) is 3.81. The largest absolute Gasteiger partial charge is 0.340 e. The fourth-order valence-corrected chi connectivity index (χ4v) is 3.06. The van der Waals surface area contributed by atoms with Crippen molar-refractivity contribution >= 4 is 69.0 Å². The van der Waals surface area contributed by atoms with E-state index < -0.39 is 0 Å². The fourth-order valence-electron chi connectivity index (χ4n) is 2.57. The van der Waals surface area contributed by atoms with E-state index >= 15 is 0 Å². The van der Waals surface area contributed by atoms with Crippen molar-refractivity contribution in [3.05, 3.63) is 81.4 Å². The highest BCUT2D eigenvalue weighted by molar-refractivity contribution is 14.1. The first-order valence-electron chi connectivity index (χ1n) is 7.74. The molecule has 3 nitrogen and oxygen atoms in total. The van der Waals surface area contributed by atoms with Crippen LogP contribution in [0.2, 0.25) is 5.02 Å². The Morgan fingerprint density at radius 1 is 0.808 bits per heavy atom. The molecule has 0 aliphatic rings. The Morgan fingerprint density at radius 2 is 1.50 bits per heavy atom. The van der Waals surface area contributed by atoms with Gasteiger partial charge in [-0.05, 0) is 83.3 Å². The van der Waals surface area contributed by atoms with Crippen LogP contribution in [-0.2, 0) is 0 Å². The van der Waals surface area contributed by atoms with Crippen LogP contribution in [-0.4, -0.2) is 9.97 Å². The van der Waals surface area contributed by atoms with Crippen molar-refractivity contribution in [2.75, 3.05) is 5.32 Å². The lowest BCUT2D eigenvalue weighted by atomic mass is 10.2. The van der Waals surface area contributed by atoms with Gasteiger partial charge in [-0.2, -0.15) is 0 Å². The molecule has 6 heteroatoms. The van der Waals surface area contributed by atoms with E-state index in [9.17, 15) is 0 Å². The molecule has 0 unspecified atom stereocenters. The second kappa shape index (κ2) is 8.20. The van der Waals surface area contributed by atoms with Crippen molar-refractivity contribution in [2.24, 2.45) is 0 Å². The van der Waals surface area contributed by atoms with E-state index in [1.165, 1.54) is 3.57 Å². The predicted octanol–water partition coefficient (Wildman–Crippen LogP) is 6.72. The molecule has 0 fully saturated rings. The minimum Gasteiger partial charge on any atom is -0.340 e. The SMILES string of the molecule is Cl.Clc1ccc(-c2nc(Nc3ccc(I)cc3)c3ccccc3n2)cc1. The van der Waals surface area contributed by atoms with Gasteiger partial charge in [0, 0.05) is 25.2 Å². The van der Waals surface area contributed by atoms with E-state index in [0.717, 1.165) is 28.0 Å². The molecule has 0 atom stereocenters. The second-order valence-electron chi connectivity index (χ2n) is 5.55. The van der Waals surface area contributed by atoms with Gasteiger partial charge in [0.2, 0.25) is 0 Å². The summed E-state index contributed by atoms with van der Waals surface area (Å²) in [5.74, 6) is 1.46. The number of halogens is 3. The van der Waals surface area contributed by atoms with E-state index in [0.29, 0.717) is 10.8 Å². The molecule has 1 N–H and O–H groups in total. The van der Waals surface area contributed by atoms with Crippen molar-refractivity contribution in [3.63, 3.8) is 0 Å². The number of nitrogens with one attached hydrogen (secondary N) is 1. The molecule has 3 aromatic carbocycles. The maximum Gasteiger partial charge on any atom is 0.162 e. The Bertz CT molecular complexity index is 1040. The first kappa shape index (κ1) is 18.9. The zero-order chi connectivity index (χ0) is 17.2. The summed E-state index contributed by atoms with van der Waals surface area (Å²) in [6.45, 7) is 0. The van der Waals surface area contributed by atoms with Gasteiger partial charge >= 0.3 is 0 Å². The van der Waals surface area contributed by atoms with Crippen LogP contribution < -0.4 is 5.32 Å². The molecule has 0 saturated heterocycles. The Kier molecular flexibility index (Phi) is 5.96. The smallest absolute Gasteiger partial charge is 0.162 e. The number of anilines is 2. The minimum atomic E-state index is 0. The highest BCUT2D eigenvalue weighted by Crippen LogP contribution is 2.28. The van der Waals surface area contributed by atoms with Gasteiger partial charge in [0.15, 0.2) is 5.82 Å². The van der Waals surface area contributed by atoms with Crippen LogP contribution in [0.25, 0.3) is 22.3 Å². The molecule has 0 spiro atoms. The zero-order valence-corrected chi connectivity index (χ0v) is 17.2. The third kappa shape index (κ3) is 4.09. The summed E-state index contributed by atoms with van der Waals surface area (Å²) in [6.07, 6.45) is 0. The topological polar surface area (TPSA) is 37.8 Å². The van der Waals surface area contributed by atoms with Gasteiger partial charge in [-0.1, -0.05) is 23.7 Å². The number of fused-ring (bicyclic) bond motifs is 1. The lowest BCUT2D eigenvalue weighted by Gasteiger charge is -2.11. The summed E-state index contributed by atoms with van der Waals surface area (Å²) >= 11 is 8.28. The van der Waals surface area contributed by atoms with Gasteiger partial charge in [-0.3, -0.25) is 0 Å². The molecule has 0 aliphatic carbocycles. The maximum atomic E-state index is 5.99. The quantitative estimate of drug-likeness (QED) is 0.322. The monoisotopic (exact) mass is 493 g/mol. The van der Waals surface area contributed by atoms with Gasteiger partial charge in [0.25, 0.3) is 0 Å². The van der Waals surface area contributed by atoms with Gasteiger partial charge in [-0.25, -0.2) is 9.97 Å². The summed E-state index contributed by atoms with van der Waals surface area (Å²) in [5, 5.41) is 5.10. The number of rotatable bonds is 3. The Hall–Kier alpha value is -1.89. The highest BCUT2D eigenvalue weighted by Gasteiger charge is 2.09. The number of nitrogens with zero attached hydrogens (tertiary/aromatic N) is 2. The maximum absolute atomic E-state index is 5.99. The first-order valence-corrected chi connectivity index (χ1v) is 9.20. The fraction of sp³-hybridized carbons (Fsp3) is 0. The Labute approximate surface area is 176 Å².